The Morgan fingerprint density at radius 2 is 2.09 bits per heavy atom. The summed E-state index contributed by atoms with van der Waals surface area (Å²) >= 11 is 1.29. The summed E-state index contributed by atoms with van der Waals surface area (Å²) in [7, 11) is 0. The highest BCUT2D eigenvalue weighted by molar-refractivity contribution is 7.20. The van der Waals surface area contributed by atoms with Gasteiger partial charge in [0.05, 0.1) is 12.0 Å². The van der Waals surface area contributed by atoms with E-state index in [0.717, 1.165) is 16.5 Å². The van der Waals surface area contributed by atoms with Crippen LogP contribution in [-0.4, -0.2) is 22.5 Å². The Morgan fingerprint density at radius 3 is 2.83 bits per heavy atom. The van der Waals surface area contributed by atoms with Crippen LogP contribution in [0.4, 0.5) is 0 Å². The summed E-state index contributed by atoms with van der Waals surface area (Å²) in [6.07, 6.45) is 1.44. The van der Waals surface area contributed by atoms with E-state index in [1.54, 1.807) is 6.92 Å². The number of fused-ring (bicyclic) bond motifs is 1. The molecule has 0 saturated heterocycles. The minimum absolute atomic E-state index is 0.338. The standard InChI is InChI=1S/C17H16N2O3S/c1-4-21-17(20)14-11(3)13-15(18-9-19-16(13)23-14)22-12-7-5-6-10(2)8-12/h5-9H,4H2,1-3H3. The molecule has 5 nitrogen and oxygen atoms in total. The number of hydrogen-bond donors (Lipinski definition) is 0. The number of aryl methyl sites for hydroxylation is 2. The van der Waals surface area contributed by atoms with E-state index in [1.807, 2.05) is 38.1 Å². The van der Waals surface area contributed by atoms with Crippen molar-refractivity contribution < 1.29 is 14.3 Å². The molecule has 118 valence electrons. The third kappa shape index (κ3) is 3.03. The highest BCUT2D eigenvalue weighted by Crippen LogP contribution is 2.36. The Bertz CT molecular complexity index is 873. The molecular weight excluding hydrogens is 312 g/mol. The molecule has 0 fully saturated rings. The predicted octanol–water partition coefficient (Wildman–Crippen LogP) is 4.28. The summed E-state index contributed by atoms with van der Waals surface area (Å²) in [6, 6.07) is 7.72. The summed E-state index contributed by atoms with van der Waals surface area (Å²) < 4.78 is 11.0. The molecule has 0 bridgehead atoms. The van der Waals surface area contributed by atoms with Gasteiger partial charge in [-0.15, -0.1) is 11.3 Å². The summed E-state index contributed by atoms with van der Waals surface area (Å²) in [6.45, 7) is 5.98. The molecule has 2 aromatic heterocycles. The van der Waals surface area contributed by atoms with E-state index in [-0.39, 0.29) is 5.97 Å². The zero-order chi connectivity index (χ0) is 16.4. The number of esters is 1. The van der Waals surface area contributed by atoms with Crippen molar-refractivity contribution in [1.29, 1.82) is 0 Å². The minimum atomic E-state index is -0.338. The fourth-order valence-corrected chi connectivity index (χ4v) is 3.33. The first-order valence-electron chi connectivity index (χ1n) is 7.26. The number of nitrogens with zero attached hydrogens (tertiary/aromatic N) is 2. The molecule has 3 aromatic rings. The predicted molar refractivity (Wildman–Crippen MR) is 89.4 cm³/mol. The number of benzene rings is 1. The van der Waals surface area contributed by atoms with Crippen LogP contribution < -0.4 is 4.74 Å². The van der Waals surface area contributed by atoms with Crippen LogP contribution in [0.25, 0.3) is 10.2 Å². The van der Waals surface area contributed by atoms with Crippen molar-refractivity contribution in [2.45, 2.75) is 20.8 Å². The lowest BCUT2D eigenvalue weighted by atomic mass is 10.2. The lowest BCUT2D eigenvalue weighted by Crippen LogP contribution is -2.03. The van der Waals surface area contributed by atoms with Gasteiger partial charge in [0.2, 0.25) is 5.88 Å². The molecule has 2 heterocycles. The van der Waals surface area contributed by atoms with Gasteiger partial charge in [-0.25, -0.2) is 14.8 Å². The first kappa shape index (κ1) is 15.4. The second-order valence-corrected chi connectivity index (χ2v) is 6.05. The Kier molecular flexibility index (Phi) is 4.25. The monoisotopic (exact) mass is 328 g/mol. The van der Waals surface area contributed by atoms with Crippen molar-refractivity contribution in [1.82, 2.24) is 9.97 Å². The second-order valence-electron chi connectivity index (χ2n) is 5.05. The lowest BCUT2D eigenvalue weighted by molar-refractivity contribution is 0.0531. The molecule has 0 amide bonds. The zero-order valence-corrected chi connectivity index (χ0v) is 13.9. The van der Waals surface area contributed by atoms with Crippen molar-refractivity contribution in [3.05, 3.63) is 46.6 Å². The quantitative estimate of drug-likeness (QED) is 0.669. The largest absolute Gasteiger partial charge is 0.462 e. The minimum Gasteiger partial charge on any atom is -0.462 e. The van der Waals surface area contributed by atoms with Gasteiger partial charge in [-0.1, -0.05) is 12.1 Å². The van der Waals surface area contributed by atoms with Crippen LogP contribution in [-0.2, 0) is 4.74 Å². The third-order valence-corrected chi connectivity index (χ3v) is 4.54. The molecule has 23 heavy (non-hydrogen) atoms. The van der Waals surface area contributed by atoms with Crippen LogP contribution in [0.3, 0.4) is 0 Å². The molecule has 0 aliphatic carbocycles. The van der Waals surface area contributed by atoms with Crippen molar-refractivity contribution in [2.24, 2.45) is 0 Å². The highest BCUT2D eigenvalue weighted by atomic mass is 32.1. The number of carbonyl (C=O) groups excluding carboxylic acids is 1. The van der Waals surface area contributed by atoms with Gasteiger partial charge in [0.1, 0.15) is 21.8 Å². The Labute approximate surface area is 137 Å². The van der Waals surface area contributed by atoms with Gasteiger partial charge in [-0.05, 0) is 44.0 Å². The Hall–Kier alpha value is -2.47. The van der Waals surface area contributed by atoms with Crippen LogP contribution in [0.5, 0.6) is 11.6 Å². The van der Waals surface area contributed by atoms with E-state index in [2.05, 4.69) is 9.97 Å². The topological polar surface area (TPSA) is 61.3 Å². The molecule has 0 spiro atoms. The smallest absolute Gasteiger partial charge is 0.348 e. The average Bonchev–Trinajstić information content (AvgIpc) is 2.86. The van der Waals surface area contributed by atoms with Crippen LogP contribution >= 0.6 is 11.3 Å². The van der Waals surface area contributed by atoms with Gasteiger partial charge in [0.25, 0.3) is 0 Å². The number of carbonyl (C=O) groups is 1. The van der Waals surface area contributed by atoms with Gasteiger partial charge in [0.15, 0.2) is 0 Å². The van der Waals surface area contributed by atoms with Crippen LogP contribution in [0.15, 0.2) is 30.6 Å². The van der Waals surface area contributed by atoms with Crippen LogP contribution in [0.1, 0.15) is 27.7 Å². The molecule has 0 N–H and O–H groups in total. The third-order valence-electron chi connectivity index (χ3n) is 3.36. The molecule has 0 radical (unpaired) electrons. The SMILES string of the molecule is CCOC(=O)c1sc2ncnc(Oc3cccc(C)c3)c2c1C. The Balaban J connectivity index is 2.06. The molecule has 0 unspecified atom stereocenters. The summed E-state index contributed by atoms with van der Waals surface area (Å²) in [4.78, 5) is 21.8. The number of thiophene rings is 1. The fraction of sp³-hybridized carbons (Fsp3) is 0.235. The first-order valence-corrected chi connectivity index (χ1v) is 8.07. The van der Waals surface area contributed by atoms with Gasteiger partial charge in [0, 0.05) is 0 Å². The second kappa shape index (κ2) is 6.34. The van der Waals surface area contributed by atoms with E-state index < -0.39 is 0 Å². The van der Waals surface area contributed by atoms with E-state index in [4.69, 9.17) is 9.47 Å². The van der Waals surface area contributed by atoms with Crippen molar-refractivity contribution in [3.8, 4) is 11.6 Å². The molecule has 0 aliphatic heterocycles. The van der Waals surface area contributed by atoms with E-state index in [0.29, 0.717) is 27.9 Å². The normalized spacial score (nSPS) is 10.7. The summed E-state index contributed by atoms with van der Waals surface area (Å²) in [5, 5.41) is 0.752. The number of rotatable bonds is 4. The van der Waals surface area contributed by atoms with E-state index >= 15 is 0 Å². The molecule has 6 heteroatoms. The Morgan fingerprint density at radius 1 is 1.26 bits per heavy atom. The lowest BCUT2D eigenvalue weighted by Gasteiger charge is -2.07. The molecule has 0 saturated carbocycles. The van der Waals surface area contributed by atoms with Crippen molar-refractivity contribution in [3.63, 3.8) is 0 Å². The van der Waals surface area contributed by atoms with Crippen LogP contribution in [0, 0.1) is 13.8 Å². The molecule has 3 rings (SSSR count). The summed E-state index contributed by atoms with van der Waals surface area (Å²) in [5.74, 6) is 0.813. The van der Waals surface area contributed by atoms with Crippen LogP contribution in [0.2, 0.25) is 0 Å². The van der Waals surface area contributed by atoms with Crippen molar-refractivity contribution >= 4 is 27.5 Å². The fourth-order valence-electron chi connectivity index (χ4n) is 2.30. The maximum absolute atomic E-state index is 12.0. The van der Waals surface area contributed by atoms with Gasteiger partial charge in [-0.3, -0.25) is 0 Å². The number of ether oxygens (including phenoxy) is 2. The molecule has 1 aromatic carbocycles. The maximum Gasteiger partial charge on any atom is 0.348 e. The van der Waals surface area contributed by atoms with Gasteiger partial charge in [-0.2, -0.15) is 0 Å². The molecule has 0 aliphatic rings. The summed E-state index contributed by atoms with van der Waals surface area (Å²) in [5.41, 5.74) is 1.88. The van der Waals surface area contributed by atoms with E-state index in [9.17, 15) is 4.79 Å². The van der Waals surface area contributed by atoms with Crippen molar-refractivity contribution in [2.75, 3.05) is 6.61 Å². The maximum atomic E-state index is 12.0. The molecule has 0 atom stereocenters. The number of hydrogen-bond acceptors (Lipinski definition) is 6. The number of aromatic nitrogens is 2. The molecular formula is C17H16N2O3S. The zero-order valence-electron chi connectivity index (χ0n) is 13.1. The van der Waals surface area contributed by atoms with Gasteiger partial charge >= 0.3 is 5.97 Å². The van der Waals surface area contributed by atoms with E-state index in [1.165, 1.54) is 17.7 Å². The highest BCUT2D eigenvalue weighted by Gasteiger charge is 2.21. The average molecular weight is 328 g/mol. The first-order chi connectivity index (χ1) is 11.1. The van der Waals surface area contributed by atoms with Gasteiger partial charge < -0.3 is 9.47 Å².